The average molecular weight is 339 g/mol. The standard InChI is InChI=1S/C15H23BrN4/c1-20(2)15(7-3-4-8-15)10-17-13-9-12(16)18-14(19-13)11-5-6-11/h9,11H,3-8,10H2,1-2H3,(H,17,18,19). The molecule has 0 aliphatic heterocycles. The van der Waals surface area contributed by atoms with E-state index in [1.165, 1.54) is 38.5 Å². The Hall–Kier alpha value is -0.680. The largest absolute Gasteiger partial charge is 0.368 e. The molecule has 0 unspecified atom stereocenters. The molecule has 2 fully saturated rings. The van der Waals surface area contributed by atoms with Gasteiger partial charge in [0.2, 0.25) is 0 Å². The summed E-state index contributed by atoms with van der Waals surface area (Å²) in [5.74, 6) is 2.54. The van der Waals surface area contributed by atoms with Gasteiger partial charge in [-0.15, -0.1) is 0 Å². The van der Waals surface area contributed by atoms with Gasteiger partial charge >= 0.3 is 0 Å². The van der Waals surface area contributed by atoms with E-state index in [1.807, 2.05) is 6.07 Å². The lowest BCUT2D eigenvalue weighted by molar-refractivity contribution is 0.172. The van der Waals surface area contributed by atoms with Gasteiger partial charge in [0.1, 0.15) is 16.2 Å². The summed E-state index contributed by atoms with van der Waals surface area (Å²) in [6.45, 7) is 0.966. The van der Waals surface area contributed by atoms with Gasteiger partial charge in [0.05, 0.1) is 0 Å². The van der Waals surface area contributed by atoms with E-state index in [0.717, 1.165) is 22.8 Å². The van der Waals surface area contributed by atoms with Crippen molar-refractivity contribution in [2.24, 2.45) is 0 Å². The highest BCUT2D eigenvalue weighted by atomic mass is 79.9. The van der Waals surface area contributed by atoms with Crippen molar-refractivity contribution in [3.05, 3.63) is 16.5 Å². The van der Waals surface area contributed by atoms with Crippen LogP contribution in [0.25, 0.3) is 0 Å². The van der Waals surface area contributed by atoms with Crippen molar-refractivity contribution in [2.45, 2.75) is 50.0 Å². The van der Waals surface area contributed by atoms with Crippen LogP contribution in [-0.2, 0) is 0 Å². The van der Waals surface area contributed by atoms with Crippen LogP contribution in [0.2, 0.25) is 0 Å². The van der Waals surface area contributed by atoms with E-state index in [1.54, 1.807) is 0 Å². The fraction of sp³-hybridized carbons (Fsp3) is 0.733. The highest BCUT2D eigenvalue weighted by molar-refractivity contribution is 9.10. The summed E-state index contributed by atoms with van der Waals surface area (Å²) in [5.41, 5.74) is 0.289. The van der Waals surface area contributed by atoms with Crippen LogP contribution in [0.4, 0.5) is 5.82 Å². The lowest BCUT2D eigenvalue weighted by atomic mass is 9.96. The Balaban J connectivity index is 1.71. The Morgan fingerprint density at radius 2 is 2.00 bits per heavy atom. The van der Waals surface area contributed by atoms with E-state index in [4.69, 9.17) is 0 Å². The van der Waals surface area contributed by atoms with Gasteiger partial charge in [-0.25, -0.2) is 9.97 Å². The fourth-order valence-electron chi connectivity index (χ4n) is 3.12. The molecule has 0 amide bonds. The van der Waals surface area contributed by atoms with E-state index in [2.05, 4.69) is 50.2 Å². The first-order valence-corrected chi connectivity index (χ1v) is 8.34. The molecule has 2 aliphatic carbocycles. The molecule has 0 atom stereocenters. The van der Waals surface area contributed by atoms with Crippen molar-refractivity contribution >= 4 is 21.7 Å². The van der Waals surface area contributed by atoms with Crippen molar-refractivity contribution in [3.63, 3.8) is 0 Å². The van der Waals surface area contributed by atoms with Gasteiger partial charge in [0.15, 0.2) is 0 Å². The van der Waals surface area contributed by atoms with Crippen molar-refractivity contribution in [3.8, 4) is 0 Å². The molecule has 1 heterocycles. The molecule has 1 N–H and O–H groups in total. The monoisotopic (exact) mass is 338 g/mol. The number of aromatic nitrogens is 2. The number of anilines is 1. The molecule has 2 aliphatic rings. The van der Waals surface area contributed by atoms with Crippen LogP contribution in [0.3, 0.4) is 0 Å². The number of nitrogens with zero attached hydrogens (tertiary/aromatic N) is 3. The lowest BCUT2D eigenvalue weighted by Gasteiger charge is -2.36. The minimum atomic E-state index is 0.289. The van der Waals surface area contributed by atoms with Crippen molar-refractivity contribution in [1.29, 1.82) is 0 Å². The summed E-state index contributed by atoms with van der Waals surface area (Å²) in [6, 6.07) is 1.99. The SMILES string of the molecule is CN(C)C1(CNc2cc(Br)nc(C3CC3)n2)CCCC1. The van der Waals surface area contributed by atoms with Crippen LogP contribution in [0.15, 0.2) is 10.7 Å². The fourth-order valence-corrected chi connectivity index (χ4v) is 3.52. The highest BCUT2D eigenvalue weighted by Crippen LogP contribution is 2.39. The third-order valence-corrected chi connectivity index (χ3v) is 5.14. The minimum Gasteiger partial charge on any atom is -0.368 e. The maximum atomic E-state index is 4.68. The van der Waals surface area contributed by atoms with Crippen LogP contribution in [0.1, 0.15) is 50.3 Å². The Morgan fingerprint density at radius 1 is 1.30 bits per heavy atom. The topological polar surface area (TPSA) is 41.0 Å². The van der Waals surface area contributed by atoms with E-state index in [9.17, 15) is 0 Å². The number of hydrogen-bond donors (Lipinski definition) is 1. The molecule has 4 nitrogen and oxygen atoms in total. The molecule has 2 saturated carbocycles. The summed E-state index contributed by atoms with van der Waals surface area (Å²) in [6.07, 6.45) is 7.68. The van der Waals surface area contributed by atoms with Crippen molar-refractivity contribution in [1.82, 2.24) is 14.9 Å². The van der Waals surface area contributed by atoms with Gasteiger partial charge < -0.3 is 10.2 Å². The van der Waals surface area contributed by atoms with Crippen LogP contribution in [0, 0.1) is 0 Å². The summed E-state index contributed by atoms with van der Waals surface area (Å²) in [7, 11) is 4.39. The molecule has 110 valence electrons. The molecule has 3 rings (SSSR count). The predicted octanol–water partition coefficient (Wildman–Crippen LogP) is 3.40. The van der Waals surface area contributed by atoms with E-state index in [-0.39, 0.29) is 5.54 Å². The molecule has 20 heavy (non-hydrogen) atoms. The second-order valence-electron chi connectivity index (χ2n) is 6.39. The molecular formula is C15H23BrN4. The molecule has 0 aromatic carbocycles. The van der Waals surface area contributed by atoms with Crippen LogP contribution >= 0.6 is 15.9 Å². The first-order chi connectivity index (χ1) is 9.59. The maximum Gasteiger partial charge on any atom is 0.135 e. The number of likely N-dealkylation sites (N-methyl/N-ethyl adjacent to an activating group) is 1. The molecule has 0 radical (unpaired) electrons. The zero-order valence-electron chi connectivity index (χ0n) is 12.3. The van der Waals surface area contributed by atoms with Gasteiger partial charge in [-0.1, -0.05) is 12.8 Å². The summed E-state index contributed by atoms with van der Waals surface area (Å²) in [4.78, 5) is 11.5. The normalized spacial score (nSPS) is 21.4. The molecule has 0 saturated heterocycles. The highest BCUT2D eigenvalue weighted by Gasteiger charge is 2.36. The third-order valence-electron chi connectivity index (χ3n) is 4.74. The quantitative estimate of drug-likeness (QED) is 0.835. The Kier molecular flexibility index (Phi) is 4.00. The molecule has 1 aromatic heterocycles. The van der Waals surface area contributed by atoms with Crippen LogP contribution in [-0.4, -0.2) is 41.0 Å². The Bertz CT molecular complexity index is 479. The van der Waals surface area contributed by atoms with Gasteiger partial charge in [-0.3, -0.25) is 0 Å². The summed E-state index contributed by atoms with van der Waals surface area (Å²) < 4.78 is 0.891. The molecule has 0 bridgehead atoms. The van der Waals surface area contributed by atoms with Crippen molar-refractivity contribution in [2.75, 3.05) is 26.0 Å². The zero-order chi connectivity index (χ0) is 14.2. The Morgan fingerprint density at radius 3 is 2.60 bits per heavy atom. The Labute approximate surface area is 129 Å². The van der Waals surface area contributed by atoms with Crippen molar-refractivity contribution < 1.29 is 0 Å². The summed E-state index contributed by atoms with van der Waals surface area (Å²) >= 11 is 3.50. The average Bonchev–Trinajstić information content (AvgIpc) is 3.14. The number of hydrogen-bond acceptors (Lipinski definition) is 4. The number of halogens is 1. The van der Waals surface area contributed by atoms with Gasteiger partial charge in [0.25, 0.3) is 0 Å². The van der Waals surface area contributed by atoms with Gasteiger partial charge in [0, 0.05) is 24.1 Å². The van der Waals surface area contributed by atoms with Gasteiger partial charge in [-0.05, 0) is 55.7 Å². The molecular weight excluding hydrogens is 316 g/mol. The third kappa shape index (κ3) is 2.98. The van der Waals surface area contributed by atoms with Crippen LogP contribution < -0.4 is 5.32 Å². The second-order valence-corrected chi connectivity index (χ2v) is 7.20. The molecule has 0 spiro atoms. The van der Waals surface area contributed by atoms with E-state index in [0.29, 0.717) is 5.92 Å². The number of rotatable bonds is 5. The van der Waals surface area contributed by atoms with E-state index >= 15 is 0 Å². The molecule has 1 aromatic rings. The number of nitrogens with one attached hydrogen (secondary N) is 1. The van der Waals surface area contributed by atoms with E-state index < -0.39 is 0 Å². The first kappa shape index (κ1) is 14.3. The van der Waals surface area contributed by atoms with Gasteiger partial charge in [-0.2, -0.15) is 0 Å². The summed E-state index contributed by atoms with van der Waals surface area (Å²) in [5, 5.41) is 3.55. The van der Waals surface area contributed by atoms with Crippen LogP contribution in [0.5, 0.6) is 0 Å². The molecule has 5 heteroatoms. The smallest absolute Gasteiger partial charge is 0.135 e. The predicted molar refractivity (Wildman–Crippen MR) is 85.1 cm³/mol. The second kappa shape index (κ2) is 5.60. The lowest BCUT2D eigenvalue weighted by Crippen LogP contribution is -2.47. The zero-order valence-corrected chi connectivity index (χ0v) is 13.9. The first-order valence-electron chi connectivity index (χ1n) is 7.55. The minimum absolute atomic E-state index is 0.289. The maximum absolute atomic E-state index is 4.68.